The van der Waals surface area contributed by atoms with E-state index in [1.807, 2.05) is 31.2 Å². The molecule has 0 heterocycles. The Morgan fingerprint density at radius 3 is 2.59 bits per heavy atom. The zero-order chi connectivity index (χ0) is 18.6. The predicted molar refractivity (Wildman–Crippen MR) is 122 cm³/mol. The third kappa shape index (κ3) is 10.5. The van der Waals surface area contributed by atoms with Crippen molar-refractivity contribution in [3.05, 3.63) is 29.8 Å². The van der Waals surface area contributed by atoms with Gasteiger partial charge in [-0.05, 0) is 49.3 Å². The molecule has 1 aliphatic rings. The van der Waals surface area contributed by atoms with Gasteiger partial charge in [-0.15, -0.1) is 24.0 Å². The molecule has 0 aromatic heterocycles. The van der Waals surface area contributed by atoms with Crippen LogP contribution in [-0.2, 0) is 16.1 Å². The summed E-state index contributed by atoms with van der Waals surface area (Å²) in [6.45, 7) is 5.23. The van der Waals surface area contributed by atoms with Crippen LogP contribution in [0.15, 0.2) is 29.3 Å². The number of hydrogen-bond acceptors (Lipinski definition) is 3. The first-order valence-corrected chi connectivity index (χ1v) is 9.62. The topological polar surface area (TPSA) is 74.8 Å². The highest BCUT2D eigenvalue weighted by Gasteiger charge is 2.20. The summed E-state index contributed by atoms with van der Waals surface area (Å²) < 4.78 is 5.63. The van der Waals surface area contributed by atoms with Crippen LogP contribution in [0.2, 0.25) is 0 Å². The van der Waals surface area contributed by atoms with Gasteiger partial charge in [0, 0.05) is 45.5 Å². The molecule has 1 saturated carbocycles. The van der Waals surface area contributed by atoms with Crippen LogP contribution < -0.4 is 16.0 Å². The second-order valence-corrected chi connectivity index (χ2v) is 6.72. The van der Waals surface area contributed by atoms with Gasteiger partial charge in [0.2, 0.25) is 5.91 Å². The SMILES string of the molecule is CCCC(=O)Nc1ccc(CNC(=NC)NCCCOCC2CC2)cc1.I. The van der Waals surface area contributed by atoms with Crippen LogP contribution in [-0.4, -0.2) is 38.7 Å². The van der Waals surface area contributed by atoms with E-state index in [0.717, 1.165) is 55.7 Å². The van der Waals surface area contributed by atoms with Gasteiger partial charge in [-0.2, -0.15) is 0 Å². The Morgan fingerprint density at radius 2 is 1.96 bits per heavy atom. The Bertz CT molecular complexity index is 574. The van der Waals surface area contributed by atoms with Crippen LogP contribution in [0.3, 0.4) is 0 Å². The number of carbonyl (C=O) groups is 1. The fraction of sp³-hybridized carbons (Fsp3) is 0.600. The molecule has 0 saturated heterocycles. The minimum Gasteiger partial charge on any atom is -0.381 e. The van der Waals surface area contributed by atoms with Crippen molar-refractivity contribution in [2.45, 2.75) is 45.6 Å². The minimum absolute atomic E-state index is 0. The first kappa shape index (κ1) is 23.7. The zero-order valence-corrected chi connectivity index (χ0v) is 18.8. The normalized spacial score (nSPS) is 13.6. The average molecular weight is 488 g/mol. The predicted octanol–water partition coefficient (Wildman–Crippen LogP) is 3.52. The van der Waals surface area contributed by atoms with Crippen LogP contribution >= 0.6 is 24.0 Å². The molecule has 1 fully saturated rings. The van der Waals surface area contributed by atoms with Gasteiger partial charge < -0.3 is 20.7 Å². The second-order valence-electron chi connectivity index (χ2n) is 6.72. The maximum Gasteiger partial charge on any atom is 0.224 e. The third-order valence-electron chi connectivity index (χ3n) is 4.21. The lowest BCUT2D eigenvalue weighted by Gasteiger charge is -2.12. The van der Waals surface area contributed by atoms with Gasteiger partial charge in [-0.1, -0.05) is 19.1 Å². The summed E-state index contributed by atoms with van der Waals surface area (Å²) in [7, 11) is 1.77. The van der Waals surface area contributed by atoms with Gasteiger partial charge in [0.1, 0.15) is 0 Å². The molecule has 0 bridgehead atoms. The highest BCUT2D eigenvalue weighted by Crippen LogP contribution is 2.28. The molecule has 0 radical (unpaired) electrons. The number of carbonyl (C=O) groups excluding carboxylic acids is 1. The van der Waals surface area contributed by atoms with Crippen LogP contribution in [0, 0.1) is 5.92 Å². The van der Waals surface area contributed by atoms with Gasteiger partial charge in [0.15, 0.2) is 5.96 Å². The minimum atomic E-state index is 0. The van der Waals surface area contributed by atoms with E-state index in [9.17, 15) is 4.79 Å². The number of aliphatic imine (C=N–C) groups is 1. The van der Waals surface area contributed by atoms with Crippen molar-refractivity contribution in [1.29, 1.82) is 0 Å². The summed E-state index contributed by atoms with van der Waals surface area (Å²) in [4.78, 5) is 15.8. The Labute approximate surface area is 179 Å². The highest BCUT2D eigenvalue weighted by molar-refractivity contribution is 14.0. The standard InChI is InChI=1S/C20H32N4O2.HI/c1-3-5-19(25)24-18-10-8-16(9-11-18)14-23-20(21-2)22-12-4-13-26-15-17-6-7-17;/h8-11,17H,3-7,12-15H2,1-2H3,(H,24,25)(H2,21,22,23);1H. The molecular formula is C20H33IN4O2. The molecule has 1 amide bonds. The molecule has 0 unspecified atom stereocenters. The summed E-state index contributed by atoms with van der Waals surface area (Å²) >= 11 is 0. The van der Waals surface area contributed by atoms with E-state index in [1.54, 1.807) is 7.05 Å². The van der Waals surface area contributed by atoms with Gasteiger partial charge in [0.05, 0.1) is 0 Å². The van der Waals surface area contributed by atoms with Crippen LogP contribution in [0.25, 0.3) is 0 Å². The molecule has 0 spiro atoms. The summed E-state index contributed by atoms with van der Waals surface area (Å²) in [5, 5.41) is 9.49. The summed E-state index contributed by atoms with van der Waals surface area (Å²) in [5.41, 5.74) is 1.97. The number of ether oxygens (including phenoxy) is 1. The molecule has 152 valence electrons. The highest BCUT2D eigenvalue weighted by atomic mass is 127. The van der Waals surface area contributed by atoms with Crippen molar-refractivity contribution >= 4 is 41.5 Å². The summed E-state index contributed by atoms with van der Waals surface area (Å²) in [6, 6.07) is 7.87. The first-order chi connectivity index (χ1) is 12.7. The molecule has 27 heavy (non-hydrogen) atoms. The number of nitrogens with zero attached hydrogens (tertiary/aromatic N) is 1. The van der Waals surface area contributed by atoms with Gasteiger partial charge in [0.25, 0.3) is 0 Å². The number of nitrogens with one attached hydrogen (secondary N) is 3. The third-order valence-corrected chi connectivity index (χ3v) is 4.21. The second kappa shape index (κ2) is 13.8. The van der Waals surface area contributed by atoms with Crippen molar-refractivity contribution in [2.24, 2.45) is 10.9 Å². The smallest absolute Gasteiger partial charge is 0.224 e. The Kier molecular flexibility index (Phi) is 12.1. The quantitative estimate of drug-likeness (QED) is 0.193. The molecular weight excluding hydrogens is 455 g/mol. The number of anilines is 1. The molecule has 3 N–H and O–H groups in total. The van der Waals surface area contributed by atoms with E-state index in [0.29, 0.717) is 13.0 Å². The molecule has 0 aliphatic heterocycles. The summed E-state index contributed by atoms with van der Waals surface area (Å²) in [5.74, 6) is 1.67. The van der Waals surface area contributed by atoms with Crippen molar-refractivity contribution < 1.29 is 9.53 Å². The lowest BCUT2D eigenvalue weighted by Crippen LogP contribution is -2.37. The fourth-order valence-corrected chi connectivity index (χ4v) is 2.48. The van der Waals surface area contributed by atoms with Gasteiger partial charge in [-0.3, -0.25) is 9.79 Å². The van der Waals surface area contributed by atoms with Crippen molar-refractivity contribution in [3.63, 3.8) is 0 Å². The van der Waals surface area contributed by atoms with Crippen molar-refractivity contribution in [3.8, 4) is 0 Å². The average Bonchev–Trinajstić information content (AvgIpc) is 3.46. The number of rotatable bonds is 11. The van der Waals surface area contributed by atoms with Gasteiger partial charge >= 0.3 is 0 Å². The molecule has 7 heteroatoms. The number of hydrogen-bond donors (Lipinski definition) is 3. The molecule has 1 aliphatic carbocycles. The monoisotopic (exact) mass is 488 g/mol. The van der Waals surface area contributed by atoms with E-state index in [-0.39, 0.29) is 29.9 Å². The fourth-order valence-electron chi connectivity index (χ4n) is 2.48. The summed E-state index contributed by atoms with van der Waals surface area (Å²) in [6.07, 6.45) is 5.05. The molecule has 1 aromatic carbocycles. The molecule has 2 rings (SSSR count). The molecule has 6 nitrogen and oxygen atoms in total. The molecule has 0 atom stereocenters. The Hall–Kier alpha value is -1.35. The maximum absolute atomic E-state index is 11.6. The number of benzene rings is 1. The van der Waals surface area contributed by atoms with E-state index < -0.39 is 0 Å². The van der Waals surface area contributed by atoms with E-state index in [2.05, 4.69) is 20.9 Å². The number of amides is 1. The lowest BCUT2D eigenvalue weighted by atomic mass is 10.2. The first-order valence-electron chi connectivity index (χ1n) is 9.62. The van der Waals surface area contributed by atoms with Gasteiger partial charge in [-0.25, -0.2) is 0 Å². The largest absolute Gasteiger partial charge is 0.381 e. The molecule has 1 aromatic rings. The van der Waals surface area contributed by atoms with Crippen molar-refractivity contribution in [1.82, 2.24) is 10.6 Å². The van der Waals surface area contributed by atoms with Crippen LogP contribution in [0.5, 0.6) is 0 Å². The number of halogens is 1. The zero-order valence-electron chi connectivity index (χ0n) is 16.4. The van der Waals surface area contributed by atoms with Crippen LogP contribution in [0.4, 0.5) is 5.69 Å². The number of guanidine groups is 1. The van der Waals surface area contributed by atoms with Crippen LogP contribution in [0.1, 0.15) is 44.6 Å². The van der Waals surface area contributed by atoms with E-state index in [1.165, 1.54) is 12.8 Å². The Balaban J connectivity index is 0.00000364. The van der Waals surface area contributed by atoms with E-state index in [4.69, 9.17) is 4.74 Å². The van der Waals surface area contributed by atoms with Crippen molar-refractivity contribution in [2.75, 3.05) is 32.1 Å². The lowest BCUT2D eigenvalue weighted by molar-refractivity contribution is -0.116. The Morgan fingerprint density at radius 1 is 1.22 bits per heavy atom. The maximum atomic E-state index is 11.6. The van der Waals surface area contributed by atoms with E-state index >= 15 is 0 Å².